The molecule has 2 rings (SSSR count). The second-order valence-electron chi connectivity index (χ2n) is 4.94. The van der Waals surface area contributed by atoms with Crippen molar-refractivity contribution in [2.75, 3.05) is 39.3 Å². The van der Waals surface area contributed by atoms with E-state index in [-0.39, 0.29) is 5.91 Å². The minimum Gasteiger partial charge on any atom is -0.355 e. The highest BCUT2D eigenvalue weighted by Gasteiger charge is 2.16. The summed E-state index contributed by atoms with van der Waals surface area (Å²) in [6, 6.07) is 0. The maximum atomic E-state index is 11.2. The molecule has 2 fully saturated rings. The minimum absolute atomic E-state index is 0.210. The van der Waals surface area contributed by atoms with Crippen LogP contribution in [0.15, 0.2) is 0 Å². The molecule has 0 spiro atoms. The number of nitrogens with one attached hydrogen (secondary N) is 2. The fraction of sp³-hybridized carbons (Fsp3) is 0.917. The van der Waals surface area contributed by atoms with Crippen LogP contribution in [0.5, 0.6) is 0 Å². The molecular weight excluding hydrogens is 202 g/mol. The predicted octanol–water partition coefficient (Wildman–Crippen LogP) is 0.198. The van der Waals surface area contributed by atoms with Gasteiger partial charge in [0.05, 0.1) is 0 Å². The van der Waals surface area contributed by atoms with Crippen LogP contribution in [0.4, 0.5) is 0 Å². The summed E-state index contributed by atoms with van der Waals surface area (Å²) in [4.78, 5) is 13.6. The first-order chi connectivity index (χ1) is 7.84. The molecule has 4 heteroatoms. The molecular formula is C12H23N3O. The van der Waals surface area contributed by atoms with E-state index < -0.39 is 0 Å². The lowest BCUT2D eigenvalue weighted by Gasteiger charge is -2.26. The number of rotatable bonds is 3. The molecule has 0 aliphatic carbocycles. The molecule has 92 valence electrons. The number of hydrogen-bond acceptors (Lipinski definition) is 3. The largest absolute Gasteiger partial charge is 0.355 e. The number of carbonyl (C=O) groups is 1. The Balaban J connectivity index is 1.66. The normalized spacial score (nSPS) is 28.5. The molecule has 0 aromatic rings. The van der Waals surface area contributed by atoms with Gasteiger partial charge in [-0.3, -0.25) is 4.79 Å². The van der Waals surface area contributed by atoms with Crippen LogP contribution in [-0.2, 0) is 4.79 Å². The maximum absolute atomic E-state index is 11.2. The summed E-state index contributed by atoms with van der Waals surface area (Å²) in [7, 11) is 0. The highest BCUT2D eigenvalue weighted by Crippen LogP contribution is 2.14. The lowest BCUT2D eigenvalue weighted by atomic mass is 9.96. The molecule has 2 aliphatic rings. The van der Waals surface area contributed by atoms with E-state index >= 15 is 0 Å². The number of hydrogen-bond donors (Lipinski definition) is 2. The molecule has 0 radical (unpaired) electrons. The van der Waals surface area contributed by atoms with Crippen molar-refractivity contribution >= 4 is 5.91 Å². The number of carbonyl (C=O) groups excluding carboxylic acids is 1. The van der Waals surface area contributed by atoms with Crippen LogP contribution in [-0.4, -0.2) is 50.1 Å². The Morgan fingerprint density at radius 2 is 2.25 bits per heavy atom. The molecule has 0 aromatic heterocycles. The molecule has 2 heterocycles. The van der Waals surface area contributed by atoms with Gasteiger partial charge in [-0.05, 0) is 44.8 Å². The van der Waals surface area contributed by atoms with Crippen LogP contribution >= 0.6 is 0 Å². The van der Waals surface area contributed by atoms with Gasteiger partial charge in [-0.1, -0.05) is 0 Å². The average Bonchev–Trinajstić information content (AvgIpc) is 2.53. The average molecular weight is 225 g/mol. The lowest BCUT2D eigenvalue weighted by molar-refractivity contribution is -0.120. The van der Waals surface area contributed by atoms with E-state index in [2.05, 4.69) is 15.5 Å². The Morgan fingerprint density at radius 1 is 1.31 bits per heavy atom. The summed E-state index contributed by atoms with van der Waals surface area (Å²) in [5.41, 5.74) is 0. The van der Waals surface area contributed by atoms with E-state index in [0.717, 1.165) is 32.1 Å². The molecule has 4 nitrogen and oxygen atoms in total. The fourth-order valence-electron chi connectivity index (χ4n) is 2.57. The first kappa shape index (κ1) is 11.9. The van der Waals surface area contributed by atoms with Crippen molar-refractivity contribution in [1.82, 2.24) is 15.5 Å². The molecule has 2 aliphatic heterocycles. The van der Waals surface area contributed by atoms with E-state index in [1.165, 1.54) is 32.4 Å². The van der Waals surface area contributed by atoms with Crippen LogP contribution in [0.3, 0.4) is 0 Å². The van der Waals surface area contributed by atoms with Crippen molar-refractivity contribution in [2.24, 2.45) is 5.92 Å². The second-order valence-corrected chi connectivity index (χ2v) is 4.94. The summed E-state index contributed by atoms with van der Waals surface area (Å²) >= 11 is 0. The van der Waals surface area contributed by atoms with Gasteiger partial charge in [0.15, 0.2) is 0 Å². The smallest absolute Gasteiger partial charge is 0.221 e. The molecule has 1 amide bonds. The Hall–Kier alpha value is -0.610. The van der Waals surface area contributed by atoms with Crippen molar-refractivity contribution in [3.8, 4) is 0 Å². The van der Waals surface area contributed by atoms with E-state index in [4.69, 9.17) is 0 Å². The minimum atomic E-state index is 0.210. The third kappa shape index (κ3) is 3.76. The Labute approximate surface area is 97.8 Å². The summed E-state index contributed by atoms with van der Waals surface area (Å²) in [6.07, 6.45) is 4.65. The van der Waals surface area contributed by atoms with Crippen molar-refractivity contribution < 1.29 is 4.79 Å². The van der Waals surface area contributed by atoms with Gasteiger partial charge in [-0.2, -0.15) is 0 Å². The van der Waals surface area contributed by atoms with E-state index in [9.17, 15) is 4.79 Å². The Morgan fingerprint density at radius 3 is 3.06 bits per heavy atom. The quantitative estimate of drug-likeness (QED) is 0.721. The molecule has 0 bridgehead atoms. The van der Waals surface area contributed by atoms with E-state index in [1.807, 2.05) is 0 Å². The Bertz CT molecular complexity index is 226. The number of nitrogens with zero attached hydrogens (tertiary/aromatic N) is 1. The lowest BCUT2D eigenvalue weighted by Crippen LogP contribution is -2.34. The summed E-state index contributed by atoms with van der Waals surface area (Å²) in [5, 5.41) is 6.38. The van der Waals surface area contributed by atoms with Crippen LogP contribution in [0.25, 0.3) is 0 Å². The van der Waals surface area contributed by atoms with Gasteiger partial charge in [0.25, 0.3) is 0 Å². The maximum Gasteiger partial charge on any atom is 0.221 e. The van der Waals surface area contributed by atoms with Crippen LogP contribution in [0.2, 0.25) is 0 Å². The first-order valence-corrected chi connectivity index (χ1v) is 6.54. The number of piperidine rings is 1. The topological polar surface area (TPSA) is 44.4 Å². The van der Waals surface area contributed by atoms with Crippen LogP contribution < -0.4 is 10.6 Å². The zero-order valence-corrected chi connectivity index (χ0v) is 10.0. The molecule has 2 N–H and O–H groups in total. The highest BCUT2D eigenvalue weighted by atomic mass is 16.1. The summed E-state index contributed by atoms with van der Waals surface area (Å²) < 4.78 is 0. The van der Waals surface area contributed by atoms with Crippen LogP contribution in [0, 0.1) is 5.92 Å². The summed E-state index contributed by atoms with van der Waals surface area (Å²) in [5.74, 6) is 1.06. The van der Waals surface area contributed by atoms with Crippen LogP contribution in [0.1, 0.15) is 25.7 Å². The molecule has 16 heavy (non-hydrogen) atoms. The van der Waals surface area contributed by atoms with Gasteiger partial charge in [0.2, 0.25) is 5.91 Å². The van der Waals surface area contributed by atoms with Crippen molar-refractivity contribution in [1.29, 1.82) is 0 Å². The summed E-state index contributed by atoms with van der Waals surface area (Å²) in [6.45, 7) is 6.31. The predicted molar refractivity (Wildman–Crippen MR) is 64.3 cm³/mol. The fourth-order valence-corrected chi connectivity index (χ4v) is 2.57. The van der Waals surface area contributed by atoms with Gasteiger partial charge in [-0.15, -0.1) is 0 Å². The van der Waals surface area contributed by atoms with Crippen molar-refractivity contribution in [2.45, 2.75) is 25.7 Å². The zero-order chi connectivity index (χ0) is 11.2. The van der Waals surface area contributed by atoms with Gasteiger partial charge in [0, 0.05) is 26.1 Å². The van der Waals surface area contributed by atoms with Crippen molar-refractivity contribution in [3.05, 3.63) is 0 Å². The zero-order valence-electron chi connectivity index (χ0n) is 10.0. The molecule has 0 saturated carbocycles. The molecule has 1 unspecified atom stereocenters. The first-order valence-electron chi connectivity index (χ1n) is 6.54. The van der Waals surface area contributed by atoms with Gasteiger partial charge in [-0.25, -0.2) is 0 Å². The van der Waals surface area contributed by atoms with E-state index in [1.54, 1.807) is 0 Å². The van der Waals surface area contributed by atoms with Gasteiger partial charge >= 0.3 is 0 Å². The van der Waals surface area contributed by atoms with Crippen molar-refractivity contribution in [3.63, 3.8) is 0 Å². The second kappa shape index (κ2) is 6.21. The van der Waals surface area contributed by atoms with Gasteiger partial charge < -0.3 is 15.5 Å². The molecule has 2 saturated heterocycles. The Kier molecular flexibility index (Phi) is 4.60. The standard InChI is InChI=1S/C12H23N3O/c16-12-4-8-15(9-6-14-12)7-3-11-2-1-5-13-10-11/h11,13H,1-10H2,(H,14,16). The highest BCUT2D eigenvalue weighted by molar-refractivity contribution is 5.76. The van der Waals surface area contributed by atoms with Gasteiger partial charge in [0.1, 0.15) is 0 Å². The number of amides is 1. The third-order valence-electron chi connectivity index (χ3n) is 3.66. The molecule has 0 aromatic carbocycles. The molecule has 1 atom stereocenters. The monoisotopic (exact) mass is 225 g/mol. The SMILES string of the molecule is O=C1CCN(CCC2CCCNC2)CCN1. The van der Waals surface area contributed by atoms with E-state index in [0.29, 0.717) is 6.42 Å². The third-order valence-corrected chi connectivity index (χ3v) is 3.66.